The molecule has 6 heteroatoms. The summed E-state index contributed by atoms with van der Waals surface area (Å²) >= 11 is 0. The van der Waals surface area contributed by atoms with E-state index in [1.165, 1.54) is 7.05 Å². The molecule has 0 radical (unpaired) electrons. The zero-order chi connectivity index (χ0) is 12.7. The number of urea groups is 1. The van der Waals surface area contributed by atoms with Gasteiger partial charge in [0.25, 0.3) is 0 Å². The van der Waals surface area contributed by atoms with E-state index < -0.39 is 6.03 Å². The molecule has 6 nitrogen and oxygen atoms in total. The summed E-state index contributed by atoms with van der Waals surface area (Å²) in [7, 11) is 1.47. The van der Waals surface area contributed by atoms with Crippen molar-refractivity contribution in [3.63, 3.8) is 0 Å². The topological polar surface area (TPSA) is 81.7 Å². The summed E-state index contributed by atoms with van der Waals surface area (Å²) in [6.07, 6.45) is 2.29. The van der Waals surface area contributed by atoms with E-state index >= 15 is 0 Å². The van der Waals surface area contributed by atoms with Gasteiger partial charge in [-0.05, 0) is 31.8 Å². The maximum atomic E-state index is 11.3. The molecule has 17 heavy (non-hydrogen) atoms. The third-order valence-electron chi connectivity index (χ3n) is 3.10. The van der Waals surface area contributed by atoms with Gasteiger partial charge in [-0.25, -0.2) is 4.79 Å². The van der Waals surface area contributed by atoms with Crippen molar-refractivity contribution >= 4 is 11.9 Å². The van der Waals surface area contributed by atoms with Crippen molar-refractivity contribution in [2.75, 3.05) is 33.3 Å². The average molecular weight is 243 g/mol. The van der Waals surface area contributed by atoms with Crippen molar-refractivity contribution in [3.05, 3.63) is 0 Å². The van der Waals surface area contributed by atoms with Crippen LogP contribution < -0.4 is 10.6 Å². The molecule has 98 valence electrons. The Kier molecular flexibility index (Phi) is 5.93. The number of piperidine rings is 1. The highest BCUT2D eigenvalue weighted by Gasteiger charge is 2.18. The van der Waals surface area contributed by atoms with Crippen LogP contribution in [0, 0.1) is 5.92 Å². The minimum Gasteiger partial charge on any atom is -0.396 e. The third kappa shape index (κ3) is 5.14. The predicted molar refractivity (Wildman–Crippen MR) is 63.5 cm³/mol. The Hall–Kier alpha value is -1.14. The van der Waals surface area contributed by atoms with Crippen LogP contribution in [-0.4, -0.2) is 55.2 Å². The van der Waals surface area contributed by atoms with Gasteiger partial charge in [0.05, 0.1) is 0 Å². The Morgan fingerprint density at radius 1 is 1.35 bits per heavy atom. The number of aliphatic hydroxyl groups is 1. The number of carbonyl (C=O) groups excluding carboxylic acids is 2. The second-order valence-corrected chi connectivity index (χ2v) is 4.34. The van der Waals surface area contributed by atoms with Crippen LogP contribution in [0.3, 0.4) is 0 Å². The summed E-state index contributed by atoms with van der Waals surface area (Å²) in [6, 6.07) is -0.464. The third-order valence-corrected chi connectivity index (χ3v) is 3.10. The number of imide groups is 1. The highest BCUT2D eigenvalue weighted by molar-refractivity contribution is 5.94. The van der Waals surface area contributed by atoms with E-state index in [4.69, 9.17) is 5.11 Å². The first-order valence-corrected chi connectivity index (χ1v) is 6.00. The average Bonchev–Trinajstić information content (AvgIpc) is 2.36. The SMILES string of the molecule is CNC(=O)NC(=O)CCN1CCC(CO)CC1. The van der Waals surface area contributed by atoms with Gasteiger partial charge in [0.1, 0.15) is 0 Å². The van der Waals surface area contributed by atoms with Crippen LogP contribution in [0.2, 0.25) is 0 Å². The van der Waals surface area contributed by atoms with E-state index in [0.717, 1.165) is 25.9 Å². The zero-order valence-corrected chi connectivity index (χ0v) is 10.2. The van der Waals surface area contributed by atoms with Crippen LogP contribution in [0.15, 0.2) is 0 Å². The van der Waals surface area contributed by atoms with Gasteiger partial charge in [0, 0.05) is 26.6 Å². The second kappa shape index (κ2) is 7.24. The monoisotopic (exact) mass is 243 g/mol. The predicted octanol–water partition coefficient (Wildman–Crippen LogP) is -0.464. The molecule has 1 fully saturated rings. The van der Waals surface area contributed by atoms with Crippen molar-refractivity contribution in [3.8, 4) is 0 Å². The number of rotatable bonds is 4. The molecule has 1 saturated heterocycles. The van der Waals surface area contributed by atoms with Crippen molar-refractivity contribution in [1.29, 1.82) is 0 Å². The highest BCUT2D eigenvalue weighted by Crippen LogP contribution is 2.16. The first-order valence-electron chi connectivity index (χ1n) is 6.00. The van der Waals surface area contributed by atoms with Crippen molar-refractivity contribution in [2.24, 2.45) is 5.92 Å². The smallest absolute Gasteiger partial charge is 0.321 e. The Labute approximate surface area is 101 Å². The number of amides is 3. The Balaban J connectivity index is 2.14. The van der Waals surface area contributed by atoms with Crippen LogP contribution >= 0.6 is 0 Å². The van der Waals surface area contributed by atoms with E-state index in [9.17, 15) is 9.59 Å². The molecule has 0 saturated carbocycles. The normalized spacial score (nSPS) is 17.8. The van der Waals surface area contributed by atoms with E-state index in [1.807, 2.05) is 0 Å². The lowest BCUT2D eigenvalue weighted by molar-refractivity contribution is -0.120. The van der Waals surface area contributed by atoms with Gasteiger partial charge < -0.3 is 15.3 Å². The fourth-order valence-electron chi connectivity index (χ4n) is 1.90. The molecule has 0 aromatic carbocycles. The molecule has 3 N–H and O–H groups in total. The number of hydrogen-bond acceptors (Lipinski definition) is 4. The molecule has 0 aromatic rings. The molecule has 1 aliphatic rings. The van der Waals surface area contributed by atoms with Crippen molar-refractivity contribution in [2.45, 2.75) is 19.3 Å². The first kappa shape index (κ1) is 13.9. The lowest BCUT2D eigenvalue weighted by atomic mass is 9.98. The van der Waals surface area contributed by atoms with E-state index in [-0.39, 0.29) is 12.5 Å². The van der Waals surface area contributed by atoms with E-state index in [2.05, 4.69) is 15.5 Å². The molecule has 0 aliphatic carbocycles. The van der Waals surface area contributed by atoms with Crippen LogP contribution in [0.4, 0.5) is 4.79 Å². The molecule has 1 rings (SSSR count). The van der Waals surface area contributed by atoms with Crippen molar-refractivity contribution in [1.82, 2.24) is 15.5 Å². The van der Waals surface area contributed by atoms with Crippen molar-refractivity contribution < 1.29 is 14.7 Å². The summed E-state index contributed by atoms with van der Waals surface area (Å²) < 4.78 is 0. The van der Waals surface area contributed by atoms with Crippen LogP contribution in [0.1, 0.15) is 19.3 Å². The lowest BCUT2D eigenvalue weighted by Gasteiger charge is -2.30. The summed E-state index contributed by atoms with van der Waals surface area (Å²) in [5.74, 6) is 0.152. The number of carbonyl (C=O) groups is 2. The summed E-state index contributed by atoms with van der Waals surface area (Å²) in [5.41, 5.74) is 0. The number of aliphatic hydroxyl groups excluding tert-OH is 1. The van der Waals surface area contributed by atoms with Crippen LogP contribution in [-0.2, 0) is 4.79 Å². The molecule has 0 unspecified atom stereocenters. The van der Waals surface area contributed by atoms with Gasteiger partial charge in [-0.1, -0.05) is 0 Å². The van der Waals surface area contributed by atoms with Gasteiger partial charge in [-0.3, -0.25) is 10.1 Å². The summed E-state index contributed by atoms with van der Waals surface area (Å²) in [6.45, 7) is 2.75. The first-order chi connectivity index (χ1) is 8.15. The molecule has 0 atom stereocenters. The highest BCUT2D eigenvalue weighted by atomic mass is 16.3. The molecular formula is C11H21N3O3. The standard InChI is InChI=1S/C11H21N3O3/c1-12-11(17)13-10(16)4-7-14-5-2-9(8-15)3-6-14/h9,15H,2-8H2,1H3,(H2,12,13,16,17). The van der Waals surface area contributed by atoms with Gasteiger partial charge in [0.15, 0.2) is 0 Å². The molecule has 0 aromatic heterocycles. The summed E-state index contributed by atoms with van der Waals surface area (Å²) in [5, 5.41) is 13.6. The van der Waals surface area contributed by atoms with E-state index in [0.29, 0.717) is 18.9 Å². The number of nitrogens with zero attached hydrogens (tertiary/aromatic N) is 1. The quantitative estimate of drug-likeness (QED) is 0.624. The molecule has 0 bridgehead atoms. The molecule has 1 aliphatic heterocycles. The van der Waals surface area contributed by atoms with Gasteiger partial charge in [-0.2, -0.15) is 0 Å². The lowest BCUT2D eigenvalue weighted by Crippen LogP contribution is -2.40. The van der Waals surface area contributed by atoms with Gasteiger partial charge in [0.2, 0.25) is 5.91 Å². The fourth-order valence-corrected chi connectivity index (χ4v) is 1.90. The largest absolute Gasteiger partial charge is 0.396 e. The summed E-state index contributed by atoms with van der Waals surface area (Å²) in [4.78, 5) is 24.4. The zero-order valence-electron chi connectivity index (χ0n) is 10.2. The van der Waals surface area contributed by atoms with E-state index in [1.54, 1.807) is 0 Å². The maximum Gasteiger partial charge on any atom is 0.321 e. The Morgan fingerprint density at radius 2 is 2.00 bits per heavy atom. The van der Waals surface area contributed by atoms with Gasteiger partial charge in [-0.15, -0.1) is 0 Å². The van der Waals surface area contributed by atoms with Gasteiger partial charge >= 0.3 is 6.03 Å². The molecular weight excluding hydrogens is 222 g/mol. The minimum absolute atomic E-state index is 0.255. The maximum absolute atomic E-state index is 11.3. The second-order valence-electron chi connectivity index (χ2n) is 4.34. The molecule has 1 heterocycles. The van der Waals surface area contributed by atoms with Crippen LogP contribution in [0.5, 0.6) is 0 Å². The Bertz CT molecular complexity index is 263. The van der Waals surface area contributed by atoms with Crippen LogP contribution in [0.25, 0.3) is 0 Å². The Morgan fingerprint density at radius 3 is 2.53 bits per heavy atom. The number of likely N-dealkylation sites (tertiary alicyclic amines) is 1. The number of hydrogen-bond donors (Lipinski definition) is 3. The molecule has 0 spiro atoms. The minimum atomic E-state index is -0.464. The molecule has 3 amide bonds. The fraction of sp³-hybridized carbons (Fsp3) is 0.818. The number of nitrogens with one attached hydrogen (secondary N) is 2.